The van der Waals surface area contributed by atoms with E-state index in [1.807, 2.05) is 7.05 Å². The quantitative estimate of drug-likeness (QED) is 0.605. The number of guanidine groups is 1. The summed E-state index contributed by atoms with van der Waals surface area (Å²) < 4.78 is 37.4. The van der Waals surface area contributed by atoms with Crippen molar-refractivity contribution in [3.05, 3.63) is 0 Å². The Labute approximate surface area is 155 Å². The Balaban J connectivity index is 1.35. The smallest absolute Gasteiger partial charge is 0.356 e. The van der Waals surface area contributed by atoms with E-state index in [-0.39, 0.29) is 0 Å². The second kappa shape index (κ2) is 8.81. The third-order valence-corrected chi connectivity index (χ3v) is 6.43. The van der Waals surface area contributed by atoms with Crippen molar-refractivity contribution >= 4 is 5.96 Å². The number of hydrogen-bond acceptors (Lipinski definition) is 2. The van der Waals surface area contributed by atoms with Crippen LogP contribution in [-0.4, -0.2) is 68.3 Å². The van der Waals surface area contributed by atoms with Crippen LogP contribution >= 0.6 is 0 Å². The molecule has 0 aromatic rings. The van der Waals surface area contributed by atoms with Crippen LogP contribution in [0.25, 0.3) is 0 Å². The second-order valence-corrected chi connectivity index (χ2v) is 8.31. The topological polar surface area (TPSA) is 30.9 Å². The van der Waals surface area contributed by atoms with E-state index in [4.69, 9.17) is 0 Å². The van der Waals surface area contributed by atoms with E-state index in [9.17, 15) is 13.2 Å². The first-order chi connectivity index (χ1) is 12.4. The van der Waals surface area contributed by atoms with Crippen molar-refractivity contribution in [1.29, 1.82) is 0 Å². The summed E-state index contributed by atoms with van der Waals surface area (Å²) in [6, 6.07) is 0. The van der Waals surface area contributed by atoms with Crippen LogP contribution in [-0.2, 0) is 0 Å². The van der Waals surface area contributed by atoms with Crippen LogP contribution < -0.4 is 5.32 Å². The SMILES string of the molecule is CN=C(NCCC1CCN(CC(F)(F)F)CC1)N1CC2CCCCC2C1. The van der Waals surface area contributed by atoms with Crippen molar-refractivity contribution < 1.29 is 13.2 Å². The molecule has 4 nitrogen and oxygen atoms in total. The molecule has 0 radical (unpaired) electrons. The predicted octanol–water partition coefficient (Wildman–Crippen LogP) is 3.35. The van der Waals surface area contributed by atoms with Crippen molar-refractivity contribution in [1.82, 2.24) is 15.1 Å². The van der Waals surface area contributed by atoms with Crippen molar-refractivity contribution in [2.24, 2.45) is 22.7 Å². The molecule has 150 valence electrons. The molecular formula is C19H33F3N4. The number of rotatable bonds is 4. The lowest BCUT2D eigenvalue weighted by atomic mass is 9.82. The average molecular weight is 374 g/mol. The molecule has 0 spiro atoms. The molecule has 1 saturated carbocycles. The molecule has 3 aliphatic rings. The van der Waals surface area contributed by atoms with Crippen LogP contribution in [0.15, 0.2) is 4.99 Å². The zero-order valence-electron chi connectivity index (χ0n) is 15.9. The molecular weight excluding hydrogens is 341 g/mol. The highest BCUT2D eigenvalue weighted by molar-refractivity contribution is 5.80. The molecule has 1 N–H and O–H groups in total. The summed E-state index contributed by atoms with van der Waals surface area (Å²) in [5.74, 6) is 3.20. The lowest BCUT2D eigenvalue weighted by molar-refractivity contribution is -0.148. The molecule has 2 unspecified atom stereocenters. The first-order valence-electron chi connectivity index (χ1n) is 10.2. The van der Waals surface area contributed by atoms with Crippen LogP contribution in [0.5, 0.6) is 0 Å². The summed E-state index contributed by atoms with van der Waals surface area (Å²) in [5.41, 5.74) is 0. The zero-order chi connectivity index (χ0) is 18.6. The highest BCUT2D eigenvalue weighted by atomic mass is 19.4. The van der Waals surface area contributed by atoms with Gasteiger partial charge < -0.3 is 10.2 Å². The summed E-state index contributed by atoms with van der Waals surface area (Å²) in [7, 11) is 1.85. The molecule has 2 aliphatic heterocycles. The van der Waals surface area contributed by atoms with Crippen LogP contribution in [0.1, 0.15) is 44.9 Å². The minimum atomic E-state index is -4.08. The number of aliphatic imine (C=N–C) groups is 1. The highest BCUT2D eigenvalue weighted by Gasteiger charge is 2.36. The fraction of sp³-hybridized carbons (Fsp3) is 0.947. The van der Waals surface area contributed by atoms with Gasteiger partial charge in [-0.05, 0) is 62.9 Å². The van der Waals surface area contributed by atoms with Gasteiger partial charge in [0.1, 0.15) is 0 Å². The molecule has 7 heteroatoms. The van der Waals surface area contributed by atoms with Gasteiger partial charge in [0, 0.05) is 26.7 Å². The third-order valence-electron chi connectivity index (χ3n) is 6.43. The standard InChI is InChI=1S/C19H33F3N4/c1-23-18(26-12-16-4-2-3-5-17(16)13-26)24-9-6-15-7-10-25(11-8-15)14-19(20,21)22/h15-17H,2-14H2,1H3,(H,23,24). The van der Waals surface area contributed by atoms with Gasteiger partial charge in [0.05, 0.1) is 6.54 Å². The van der Waals surface area contributed by atoms with Gasteiger partial charge in [-0.1, -0.05) is 12.8 Å². The van der Waals surface area contributed by atoms with E-state index in [2.05, 4.69) is 15.2 Å². The summed E-state index contributed by atoms with van der Waals surface area (Å²) in [5, 5.41) is 3.50. The summed E-state index contributed by atoms with van der Waals surface area (Å²) in [4.78, 5) is 8.41. The molecule has 26 heavy (non-hydrogen) atoms. The van der Waals surface area contributed by atoms with E-state index in [0.717, 1.165) is 56.7 Å². The molecule has 0 aromatic heterocycles. The molecule has 3 fully saturated rings. The lowest BCUT2D eigenvalue weighted by Gasteiger charge is -2.32. The molecule has 3 rings (SSSR count). The van der Waals surface area contributed by atoms with Crippen LogP contribution in [0.3, 0.4) is 0 Å². The number of likely N-dealkylation sites (tertiary alicyclic amines) is 2. The Bertz CT molecular complexity index is 458. The number of piperidine rings is 1. The Morgan fingerprint density at radius 2 is 1.65 bits per heavy atom. The van der Waals surface area contributed by atoms with E-state index in [0.29, 0.717) is 19.0 Å². The number of halogens is 3. The maximum Gasteiger partial charge on any atom is 0.401 e. The van der Waals surface area contributed by atoms with Crippen molar-refractivity contribution in [2.75, 3.05) is 46.3 Å². The van der Waals surface area contributed by atoms with Crippen LogP contribution in [0.4, 0.5) is 13.2 Å². The number of nitrogens with zero attached hydrogens (tertiary/aromatic N) is 3. The molecule has 1 aliphatic carbocycles. The molecule has 0 bridgehead atoms. The zero-order valence-corrected chi connectivity index (χ0v) is 15.9. The molecule has 2 heterocycles. The predicted molar refractivity (Wildman–Crippen MR) is 98.2 cm³/mol. The first kappa shape index (κ1) is 19.8. The number of alkyl halides is 3. The van der Waals surface area contributed by atoms with E-state index in [1.165, 1.54) is 30.6 Å². The first-order valence-corrected chi connectivity index (χ1v) is 10.2. The molecule has 0 aromatic carbocycles. The Morgan fingerprint density at radius 3 is 2.19 bits per heavy atom. The number of fused-ring (bicyclic) bond motifs is 1. The maximum absolute atomic E-state index is 12.5. The Morgan fingerprint density at radius 1 is 1.04 bits per heavy atom. The van der Waals surface area contributed by atoms with Gasteiger partial charge in [-0.15, -0.1) is 0 Å². The Kier molecular flexibility index (Phi) is 6.70. The van der Waals surface area contributed by atoms with Crippen molar-refractivity contribution in [3.8, 4) is 0 Å². The summed E-state index contributed by atoms with van der Waals surface area (Å²) in [6.45, 7) is 3.48. The maximum atomic E-state index is 12.5. The van der Waals surface area contributed by atoms with Crippen molar-refractivity contribution in [2.45, 2.75) is 51.1 Å². The second-order valence-electron chi connectivity index (χ2n) is 8.31. The van der Waals surface area contributed by atoms with Gasteiger partial charge >= 0.3 is 6.18 Å². The minimum Gasteiger partial charge on any atom is -0.356 e. The summed E-state index contributed by atoms with van der Waals surface area (Å²) in [6.07, 6.45) is 4.12. The molecule has 0 amide bonds. The number of hydrogen-bond donors (Lipinski definition) is 1. The van der Waals surface area contributed by atoms with Gasteiger partial charge in [0.2, 0.25) is 0 Å². The third kappa shape index (κ3) is 5.51. The molecule has 2 saturated heterocycles. The lowest BCUT2D eigenvalue weighted by Crippen LogP contribution is -2.42. The van der Waals surface area contributed by atoms with Crippen LogP contribution in [0.2, 0.25) is 0 Å². The van der Waals surface area contributed by atoms with E-state index < -0.39 is 12.7 Å². The molecule has 2 atom stereocenters. The van der Waals surface area contributed by atoms with E-state index >= 15 is 0 Å². The average Bonchev–Trinajstić information content (AvgIpc) is 3.02. The number of nitrogens with one attached hydrogen (secondary N) is 1. The summed E-state index contributed by atoms with van der Waals surface area (Å²) >= 11 is 0. The Hall–Kier alpha value is -0.980. The van der Waals surface area contributed by atoms with Gasteiger partial charge in [-0.25, -0.2) is 0 Å². The van der Waals surface area contributed by atoms with Crippen LogP contribution in [0, 0.1) is 17.8 Å². The minimum absolute atomic E-state index is 0.520. The van der Waals surface area contributed by atoms with Gasteiger partial charge in [-0.2, -0.15) is 13.2 Å². The van der Waals surface area contributed by atoms with E-state index in [1.54, 1.807) is 0 Å². The fourth-order valence-corrected chi connectivity index (χ4v) is 4.99. The highest BCUT2D eigenvalue weighted by Crippen LogP contribution is 2.36. The largest absolute Gasteiger partial charge is 0.401 e. The van der Waals surface area contributed by atoms with Crippen molar-refractivity contribution in [3.63, 3.8) is 0 Å². The normalized spacial score (nSPS) is 29.1. The van der Waals surface area contributed by atoms with Gasteiger partial charge in [0.15, 0.2) is 5.96 Å². The van der Waals surface area contributed by atoms with Gasteiger partial charge in [0.25, 0.3) is 0 Å². The fourth-order valence-electron chi connectivity index (χ4n) is 4.99. The monoisotopic (exact) mass is 374 g/mol. The van der Waals surface area contributed by atoms with Gasteiger partial charge in [-0.3, -0.25) is 9.89 Å².